The lowest BCUT2D eigenvalue weighted by atomic mass is 10.1. The first-order chi connectivity index (χ1) is 31.1. The highest BCUT2D eigenvalue weighted by atomic mass is 16.5. The molecule has 1 aliphatic heterocycles. The Morgan fingerprint density at radius 3 is 1.70 bits per heavy atom. The van der Waals surface area contributed by atoms with E-state index in [2.05, 4.69) is 36.4 Å². The van der Waals surface area contributed by atoms with Crippen LogP contribution in [0.4, 0.5) is 0 Å². The van der Waals surface area contributed by atoms with Gasteiger partial charge in [0.25, 0.3) is 0 Å². The third kappa shape index (κ3) is 7.78. The molecule has 4 N–H and O–H groups in total. The van der Waals surface area contributed by atoms with E-state index in [4.69, 9.17) is 45.6 Å². The van der Waals surface area contributed by atoms with Crippen LogP contribution in [0.1, 0.15) is 52.4 Å². The minimum absolute atomic E-state index is 0.311. The summed E-state index contributed by atoms with van der Waals surface area (Å²) >= 11 is 0. The molecule has 6 aromatic heterocycles. The van der Waals surface area contributed by atoms with E-state index in [9.17, 15) is 9.59 Å². The van der Waals surface area contributed by atoms with Crippen molar-refractivity contribution in [2.75, 3.05) is 46.6 Å². The molecule has 9 rings (SSSR count). The predicted molar refractivity (Wildman–Crippen MR) is 243 cm³/mol. The Hall–Kier alpha value is -7.18. The number of nitrogens with zero attached hydrogens (tertiary/aromatic N) is 11. The minimum atomic E-state index is -0.573. The molecule has 1 aliphatic rings. The Labute approximate surface area is 368 Å². The summed E-state index contributed by atoms with van der Waals surface area (Å²) in [4.78, 5) is 47.5. The summed E-state index contributed by atoms with van der Waals surface area (Å²) in [6.07, 6.45) is 8.46. The maximum Gasteiger partial charge on any atom is 0.248 e. The molecule has 0 bridgehead atoms. The second kappa shape index (κ2) is 17.5. The number of allylic oxidation sites excluding steroid dienone is 2. The molecule has 330 valence electrons. The topological polar surface area (TPSA) is 214 Å². The summed E-state index contributed by atoms with van der Waals surface area (Å²) in [5, 5.41) is 12.2. The number of morpholine rings is 1. The molecular weight excluding hydrogens is 815 g/mol. The maximum absolute atomic E-state index is 12.8. The number of nitrogens with two attached hydrogens (primary N) is 2. The van der Waals surface area contributed by atoms with Crippen molar-refractivity contribution in [3.05, 3.63) is 83.5 Å². The Morgan fingerprint density at radius 1 is 0.719 bits per heavy atom. The van der Waals surface area contributed by atoms with Crippen molar-refractivity contribution < 1.29 is 23.8 Å². The first-order valence-electron chi connectivity index (χ1n) is 21.5. The molecule has 0 saturated carbocycles. The Balaban J connectivity index is 1.15. The van der Waals surface area contributed by atoms with E-state index in [0.29, 0.717) is 78.4 Å². The zero-order valence-electron chi connectivity index (χ0n) is 36.7. The first-order valence-corrected chi connectivity index (χ1v) is 21.5. The molecule has 64 heavy (non-hydrogen) atoms. The number of amides is 2. The molecule has 1 saturated heterocycles. The summed E-state index contributed by atoms with van der Waals surface area (Å²) in [6.45, 7) is 14.5. The molecule has 7 heterocycles. The van der Waals surface area contributed by atoms with Crippen LogP contribution in [0.25, 0.3) is 66.9 Å². The summed E-state index contributed by atoms with van der Waals surface area (Å²) in [5.41, 5.74) is 18.5. The van der Waals surface area contributed by atoms with Crippen molar-refractivity contribution >= 4 is 55.7 Å². The van der Waals surface area contributed by atoms with E-state index in [0.717, 1.165) is 94.6 Å². The van der Waals surface area contributed by atoms with Gasteiger partial charge in [0.1, 0.15) is 34.2 Å². The molecule has 2 aromatic carbocycles. The summed E-state index contributed by atoms with van der Waals surface area (Å²) in [5.74, 6) is 0.906. The van der Waals surface area contributed by atoms with Gasteiger partial charge in [0.15, 0.2) is 11.6 Å². The van der Waals surface area contributed by atoms with Crippen molar-refractivity contribution in [2.24, 2.45) is 11.5 Å². The standard InChI is InChI=1S/C46H51N13O5/c1-6-58-35(19-27(3)53-58)43-49-25-33-31-21-29(41(47)60)23-37(62-5)39(31)56(45(33)51-43)12-8-9-13-57-40-32(34-26-50-44(52-46(34)57)36-20-28(4)54-59(36)7-2)22-30(42(48)61)24-38(40)64-16-10-11-55-14-17-63-18-15-55/h8-9,19-26H,6-7,10-18H2,1-5H3,(H2,47,60)(H2,48,61)/b9-8+. The molecule has 0 aliphatic carbocycles. The van der Waals surface area contributed by atoms with Crippen LogP contribution >= 0.6 is 0 Å². The predicted octanol–water partition coefficient (Wildman–Crippen LogP) is 5.43. The molecule has 0 atom stereocenters. The fourth-order valence-electron chi connectivity index (χ4n) is 8.67. The number of hydrogen-bond donors (Lipinski definition) is 2. The highest BCUT2D eigenvalue weighted by Crippen LogP contribution is 2.38. The van der Waals surface area contributed by atoms with Crippen LogP contribution in [0.3, 0.4) is 0 Å². The van der Waals surface area contributed by atoms with Gasteiger partial charge < -0.3 is 34.8 Å². The van der Waals surface area contributed by atoms with Gasteiger partial charge in [-0.1, -0.05) is 12.2 Å². The third-order valence-electron chi connectivity index (χ3n) is 11.7. The van der Waals surface area contributed by atoms with Crippen LogP contribution < -0.4 is 20.9 Å². The van der Waals surface area contributed by atoms with E-state index in [1.54, 1.807) is 43.8 Å². The van der Waals surface area contributed by atoms with Gasteiger partial charge in [-0.05, 0) is 70.5 Å². The number of primary amides is 2. The molecule has 8 aromatic rings. The number of carbonyl (C=O) groups is 2. The number of ether oxygens (including phenoxy) is 3. The smallest absolute Gasteiger partial charge is 0.248 e. The Bertz CT molecular complexity index is 3120. The first kappa shape index (κ1) is 42.1. The van der Waals surface area contributed by atoms with Crippen LogP contribution in [0.5, 0.6) is 11.5 Å². The number of methoxy groups -OCH3 is 1. The highest BCUT2D eigenvalue weighted by Gasteiger charge is 2.23. The van der Waals surface area contributed by atoms with Crippen LogP contribution in [-0.2, 0) is 30.9 Å². The minimum Gasteiger partial charge on any atom is -0.495 e. The fourth-order valence-corrected chi connectivity index (χ4v) is 8.67. The maximum atomic E-state index is 12.8. The monoisotopic (exact) mass is 865 g/mol. The van der Waals surface area contributed by atoms with Crippen molar-refractivity contribution in [3.8, 4) is 34.5 Å². The van der Waals surface area contributed by atoms with Crippen LogP contribution in [-0.4, -0.2) is 112 Å². The second-order valence-electron chi connectivity index (χ2n) is 15.9. The molecule has 18 nitrogen and oxygen atoms in total. The number of aromatic nitrogens is 10. The average Bonchev–Trinajstić information content (AvgIpc) is 4.06. The number of fused-ring (bicyclic) bond motifs is 6. The molecule has 0 radical (unpaired) electrons. The highest BCUT2D eigenvalue weighted by molar-refractivity contribution is 6.13. The second-order valence-corrected chi connectivity index (χ2v) is 15.9. The summed E-state index contributed by atoms with van der Waals surface area (Å²) in [6, 6.07) is 10.9. The van der Waals surface area contributed by atoms with Gasteiger partial charge >= 0.3 is 0 Å². The number of aryl methyl sites for hydroxylation is 4. The SMILES string of the molecule is CCn1nc(C)cc1-c1ncc2c3cc(C(N)=O)cc(OC)c3n(C/C=C/Cn3c4nc(-c5cc(C)nn5CC)ncc4c4cc(C(N)=O)cc(OCCCN5CCOCC5)c43)c2n1. The van der Waals surface area contributed by atoms with Gasteiger partial charge in [0.2, 0.25) is 11.8 Å². The van der Waals surface area contributed by atoms with Crippen LogP contribution in [0.2, 0.25) is 0 Å². The lowest BCUT2D eigenvalue weighted by Gasteiger charge is -2.26. The molecule has 0 spiro atoms. The molecule has 1 fully saturated rings. The number of carbonyl (C=O) groups excluding carboxylic acids is 2. The molecular formula is C46H51N13O5. The zero-order chi connectivity index (χ0) is 44.6. The van der Waals surface area contributed by atoms with Crippen molar-refractivity contribution in [3.63, 3.8) is 0 Å². The van der Waals surface area contributed by atoms with E-state index in [1.807, 2.05) is 49.2 Å². The zero-order valence-corrected chi connectivity index (χ0v) is 36.7. The molecule has 0 unspecified atom stereocenters. The van der Waals surface area contributed by atoms with E-state index in [1.165, 1.54) is 0 Å². The molecule has 18 heteroatoms. The van der Waals surface area contributed by atoms with E-state index >= 15 is 0 Å². The number of rotatable bonds is 16. The number of hydrogen-bond acceptors (Lipinski definition) is 12. The van der Waals surface area contributed by atoms with Crippen molar-refractivity contribution in [1.82, 2.24) is 53.5 Å². The average molecular weight is 866 g/mol. The summed E-state index contributed by atoms with van der Waals surface area (Å²) in [7, 11) is 1.57. The van der Waals surface area contributed by atoms with Crippen molar-refractivity contribution in [1.29, 1.82) is 0 Å². The van der Waals surface area contributed by atoms with Gasteiger partial charge in [0, 0.05) is 90.9 Å². The van der Waals surface area contributed by atoms with Gasteiger partial charge in [-0.3, -0.25) is 23.9 Å². The van der Waals surface area contributed by atoms with Gasteiger partial charge in [-0.25, -0.2) is 19.9 Å². The molecule has 2 amide bonds. The Kier molecular flexibility index (Phi) is 11.5. The summed E-state index contributed by atoms with van der Waals surface area (Å²) < 4.78 is 25.9. The van der Waals surface area contributed by atoms with Crippen LogP contribution in [0, 0.1) is 13.8 Å². The lowest BCUT2D eigenvalue weighted by Crippen LogP contribution is -2.37. The lowest BCUT2D eigenvalue weighted by molar-refractivity contribution is 0.0358. The van der Waals surface area contributed by atoms with Crippen LogP contribution in [0.15, 0.2) is 60.9 Å². The number of benzene rings is 2. The Morgan fingerprint density at radius 2 is 1.22 bits per heavy atom. The quantitative estimate of drug-likeness (QED) is 0.0919. The van der Waals surface area contributed by atoms with Gasteiger partial charge in [-0.15, -0.1) is 0 Å². The van der Waals surface area contributed by atoms with Crippen molar-refractivity contribution in [2.45, 2.75) is 60.3 Å². The van der Waals surface area contributed by atoms with Gasteiger partial charge in [-0.2, -0.15) is 10.2 Å². The normalized spacial score (nSPS) is 13.6. The fraction of sp³-hybridized carbons (Fsp3) is 0.348. The third-order valence-corrected chi connectivity index (χ3v) is 11.7. The largest absolute Gasteiger partial charge is 0.495 e. The van der Waals surface area contributed by atoms with E-state index < -0.39 is 11.8 Å². The van der Waals surface area contributed by atoms with Gasteiger partial charge in [0.05, 0.1) is 49.4 Å². The van der Waals surface area contributed by atoms with E-state index in [-0.39, 0.29) is 0 Å².